The average Bonchev–Trinajstić information content (AvgIpc) is 2.62. The van der Waals surface area contributed by atoms with E-state index < -0.39 is 22.0 Å². The fraction of sp³-hybridized carbons (Fsp3) is 0.350. The maximum absolute atomic E-state index is 12.7. The summed E-state index contributed by atoms with van der Waals surface area (Å²) < 4.78 is 31.3. The minimum Gasteiger partial charge on any atom is -0.494 e. The number of nitrogens with one attached hydrogen (secondary N) is 1. The van der Waals surface area contributed by atoms with Gasteiger partial charge >= 0.3 is 0 Å². The summed E-state index contributed by atoms with van der Waals surface area (Å²) >= 11 is 0. The maximum Gasteiger partial charge on any atom is 0.247 e. The third-order valence-corrected chi connectivity index (χ3v) is 5.34. The number of hydrogen-bond donors (Lipinski definition) is 1. The molecule has 7 heteroatoms. The summed E-state index contributed by atoms with van der Waals surface area (Å²) in [5.74, 6) is 0.215. The van der Waals surface area contributed by atoms with Crippen LogP contribution in [0.1, 0.15) is 26.3 Å². The molecule has 0 aliphatic rings. The molecule has 0 aliphatic carbocycles. The first kappa shape index (κ1) is 20.8. The first-order valence-corrected chi connectivity index (χ1v) is 10.7. The molecular formula is C20H26N2O4S. The number of amides is 1. The van der Waals surface area contributed by atoms with Crippen LogP contribution in [0.2, 0.25) is 0 Å². The van der Waals surface area contributed by atoms with Crippen LogP contribution in [0, 0.1) is 0 Å². The molecular weight excluding hydrogens is 364 g/mol. The maximum atomic E-state index is 12.7. The van der Waals surface area contributed by atoms with E-state index in [0.29, 0.717) is 23.7 Å². The van der Waals surface area contributed by atoms with E-state index in [9.17, 15) is 13.2 Å². The highest BCUT2D eigenvalue weighted by molar-refractivity contribution is 7.92. The van der Waals surface area contributed by atoms with Crippen molar-refractivity contribution in [1.82, 2.24) is 0 Å². The zero-order valence-corrected chi connectivity index (χ0v) is 16.9. The molecule has 0 saturated carbocycles. The predicted octanol–water partition coefficient (Wildman–Crippen LogP) is 3.44. The smallest absolute Gasteiger partial charge is 0.247 e. The molecule has 1 atom stereocenters. The van der Waals surface area contributed by atoms with E-state index in [1.807, 2.05) is 26.0 Å². The van der Waals surface area contributed by atoms with Crippen LogP contribution < -0.4 is 14.4 Å². The van der Waals surface area contributed by atoms with E-state index in [1.54, 1.807) is 43.3 Å². The number of anilines is 2. The Morgan fingerprint density at radius 2 is 1.81 bits per heavy atom. The van der Waals surface area contributed by atoms with Crippen molar-refractivity contribution in [2.24, 2.45) is 0 Å². The Kier molecular flexibility index (Phi) is 6.85. The highest BCUT2D eigenvalue weighted by Crippen LogP contribution is 2.23. The predicted molar refractivity (Wildman–Crippen MR) is 109 cm³/mol. The van der Waals surface area contributed by atoms with Crippen LogP contribution >= 0.6 is 0 Å². The molecule has 0 bridgehead atoms. The van der Waals surface area contributed by atoms with E-state index in [0.717, 1.165) is 22.5 Å². The van der Waals surface area contributed by atoms with Gasteiger partial charge in [-0.3, -0.25) is 9.10 Å². The van der Waals surface area contributed by atoms with Crippen molar-refractivity contribution in [1.29, 1.82) is 0 Å². The third-order valence-electron chi connectivity index (χ3n) is 4.10. The van der Waals surface area contributed by atoms with Crippen LogP contribution in [0.3, 0.4) is 0 Å². The Morgan fingerprint density at radius 1 is 1.15 bits per heavy atom. The van der Waals surface area contributed by atoms with Gasteiger partial charge < -0.3 is 10.1 Å². The van der Waals surface area contributed by atoms with Crippen molar-refractivity contribution in [3.05, 3.63) is 54.1 Å². The van der Waals surface area contributed by atoms with Gasteiger partial charge in [-0.05, 0) is 50.1 Å². The first-order chi connectivity index (χ1) is 12.8. The minimum absolute atomic E-state index is 0.423. The summed E-state index contributed by atoms with van der Waals surface area (Å²) in [4.78, 5) is 12.7. The number of hydrogen-bond acceptors (Lipinski definition) is 4. The molecule has 0 radical (unpaired) electrons. The van der Waals surface area contributed by atoms with Crippen LogP contribution in [-0.4, -0.2) is 33.2 Å². The SMILES string of the molecule is CCOc1cccc(NC(=O)C(C)N(c2ccc(CC)cc2)S(C)(=O)=O)c1. The zero-order valence-electron chi connectivity index (χ0n) is 16.1. The zero-order chi connectivity index (χ0) is 20.0. The lowest BCUT2D eigenvalue weighted by atomic mass is 10.1. The van der Waals surface area contributed by atoms with Gasteiger partial charge in [0.25, 0.3) is 0 Å². The van der Waals surface area contributed by atoms with Crippen molar-refractivity contribution in [3.8, 4) is 5.75 Å². The standard InChI is InChI=1S/C20H26N2O4S/c1-5-16-10-12-18(13-11-16)22(27(4,24)25)15(3)20(23)21-17-8-7-9-19(14-17)26-6-2/h7-15H,5-6H2,1-4H3,(H,21,23). The molecule has 146 valence electrons. The van der Waals surface area contributed by atoms with Crippen molar-refractivity contribution in [2.75, 3.05) is 22.5 Å². The summed E-state index contributed by atoms with van der Waals surface area (Å²) in [6, 6.07) is 13.3. The van der Waals surface area contributed by atoms with Gasteiger partial charge in [-0.25, -0.2) is 8.42 Å². The first-order valence-electron chi connectivity index (χ1n) is 8.88. The number of carbonyl (C=O) groups excluding carboxylic acids is 1. The third kappa shape index (κ3) is 5.47. The van der Waals surface area contributed by atoms with Gasteiger partial charge in [-0.1, -0.05) is 25.1 Å². The molecule has 1 unspecified atom stereocenters. The Morgan fingerprint density at radius 3 is 2.37 bits per heavy atom. The normalized spacial score (nSPS) is 12.3. The van der Waals surface area contributed by atoms with Crippen molar-refractivity contribution < 1.29 is 17.9 Å². The number of ether oxygens (including phenoxy) is 1. The highest BCUT2D eigenvalue weighted by Gasteiger charge is 2.29. The fourth-order valence-electron chi connectivity index (χ4n) is 2.76. The van der Waals surface area contributed by atoms with Gasteiger partial charge in [-0.15, -0.1) is 0 Å². The Balaban J connectivity index is 2.25. The van der Waals surface area contributed by atoms with Crippen LogP contribution in [0.4, 0.5) is 11.4 Å². The lowest BCUT2D eigenvalue weighted by Gasteiger charge is -2.28. The molecule has 2 rings (SSSR count). The number of benzene rings is 2. The minimum atomic E-state index is -3.64. The van der Waals surface area contributed by atoms with E-state index in [-0.39, 0.29) is 0 Å². The van der Waals surface area contributed by atoms with Gasteiger partial charge in [0.2, 0.25) is 15.9 Å². The monoisotopic (exact) mass is 390 g/mol. The second kappa shape index (κ2) is 8.90. The van der Waals surface area contributed by atoms with Crippen LogP contribution in [0.5, 0.6) is 5.75 Å². The van der Waals surface area contributed by atoms with E-state index in [1.165, 1.54) is 0 Å². The Hall–Kier alpha value is -2.54. The lowest BCUT2D eigenvalue weighted by molar-refractivity contribution is -0.116. The lowest BCUT2D eigenvalue weighted by Crippen LogP contribution is -2.45. The van der Waals surface area contributed by atoms with Gasteiger partial charge in [0, 0.05) is 11.8 Å². The molecule has 0 aromatic heterocycles. The molecule has 0 fully saturated rings. The molecule has 27 heavy (non-hydrogen) atoms. The van der Waals surface area contributed by atoms with Crippen LogP contribution in [0.25, 0.3) is 0 Å². The molecule has 6 nitrogen and oxygen atoms in total. The number of rotatable bonds is 8. The summed E-state index contributed by atoms with van der Waals surface area (Å²) in [5.41, 5.74) is 2.10. The fourth-order valence-corrected chi connectivity index (χ4v) is 3.94. The number of carbonyl (C=O) groups is 1. The number of sulfonamides is 1. The van der Waals surface area contributed by atoms with Gasteiger partial charge in [0.1, 0.15) is 11.8 Å². The van der Waals surface area contributed by atoms with Crippen LogP contribution in [0.15, 0.2) is 48.5 Å². The Bertz CT molecular complexity index is 879. The molecule has 1 N–H and O–H groups in total. The summed E-state index contributed by atoms with van der Waals surface area (Å²) in [7, 11) is -3.64. The topological polar surface area (TPSA) is 75.7 Å². The van der Waals surface area contributed by atoms with Crippen molar-refractivity contribution in [2.45, 2.75) is 33.2 Å². The number of nitrogens with zero attached hydrogens (tertiary/aromatic N) is 1. The molecule has 2 aromatic rings. The number of aryl methyl sites for hydroxylation is 1. The van der Waals surface area contributed by atoms with E-state index >= 15 is 0 Å². The van der Waals surface area contributed by atoms with E-state index in [4.69, 9.17) is 4.74 Å². The average molecular weight is 391 g/mol. The van der Waals surface area contributed by atoms with Crippen molar-refractivity contribution >= 4 is 27.3 Å². The molecule has 0 saturated heterocycles. The van der Waals surface area contributed by atoms with Gasteiger partial charge in [0.15, 0.2) is 0 Å². The highest BCUT2D eigenvalue weighted by atomic mass is 32.2. The summed E-state index contributed by atoms with van der Waals surface area (Å²) in [6.07, 6.45) is 1.95. The molecule has 0 aliphatic heterocycles. The molecule has 0 spiro atoms. The van der Waals surface area contributed by atoms with Gasteiger partial charge in [0.05, 0.1) is 18.6 Å². The molecule has 0 heterocycles. The van der Waals surface area contributed by atoms with E-state index in [2.05, 4.69) is 5.32 Å². The van der Waals surface area contributed by atoms with Gasteiger partial charge in [-0.2, -0.15) is 0 Å². The second-order valence-electron chi connectivity index (χ2n) is 6.20. The Labute approximate surface area is 161 Å². The van der Waals surface area contributed by atoms with Crippen LogP contribution in [-0.2, 0) is 21.2 Å². The molecule has 1 amide bonds. The molecule has 2 aromatic carbocycles. The van der Waals surface area contributed by atoms with Crippen molar-refractivity contribution in [3.63, 3.8) is 0 Å². The quantitative estimate of drug-likeness (QED) is 0.749. The second-order valence-corrected chi connectivity index (χ2v) is 8.06. The summed E-state index contributed by atoms with van der Waals surface area (Å²) in [5, 5.41) is 2.76. The summed E-state index contributed by atoms with van der Waals surface area (Å²) in [6.45, 7) is 5.98. The largest absolute Gasteiger partial charge is 0.494 e.